The third-order valence-electron chi connectivity index (χ3n) is 2.34. The number of nitriles is 1. The van der Waals surface area contributed by atoms with Gasteiger partial charge in [-0.1, -0.05) is 17.7 Å². The molecule has 90 valence electrons. The molecule has 18 heavy (non-hydrogen) atoms. The highest BCUT2D eigenvalue weighted by Crippen LogP contribution is 2.29. The average molecular weight is 263 g/mol. The first-order valence-corrected chi connectivity index (χ1v) is 5.48. The number of hydrogen-bond acceptors (Lipinski definition) is 3. The summed E-state index contributed by atoms with van der Waals surface area (Å²) in [5.74, 6) is -0.0124. The summed E-state index contributed by atoms with van der Waals surface area (Å²) >= 11 is 5.93. The van der Waals surface area contributed by atoms with E-state index in [1.165, 1.54) is 18.3 Å². The Bertz CT molecular complexity index is 637. The van der Waals surface area contributed by atoms with Gasteiger partial charge >= 0.3 is 0 Å². The van der Waals surface area contributed by atoms with Crippen LogP contribution in [0.15, 0.2) is 30.5 Å². The summed E-state index contributed by atoms with van der Waals surface area (Å²) in [5, 5.41) is 8.92. The van der Waals surface area contributed by atoms with E-state index in [9.17, 15) is 4.39 Å². The van der Waals surface area contributed by atoms with Crippen molar-refractivity contribution < 1.29 is 9.13 Å². The van der Waals surface area contributed by atoms with Gasteiger partial charge < -0.3 is 4.74 Å². The summed E-state index contributed by atoms with van der Waals surface area (Å²) in [4.78, 5) is 3.91. The van der Waals surface area contributed by atoms with Crippen LogP contribution in [0.2, 0.25) is 5.02 Å². The number of hydrogen-bond donors (Lipinski definition) is 0. The van der Waals surface area contributed by atoms with Gasteiger partial charge in [0.15, 0.2) is 0 Å². The van der Waals surface area contributed by atoms with Gasteiger partial charge in [-0.05, 0) is 24.6 Å². The van der Waals surface area contributed by atoms with E-state index in [0.29, 0.717) is 5.56 Å². The Kier molecular flexibility index (Phi) is 3.45. The number of ether oxygens (including phenoxy) is 1. The van der Waals surface area contributed by atoms with Gasteiger partial charge in [-0.2, -0.15) is 5.26 Å². The topological polar surface area (TPSA) is 45.9 Å². The Morgan fingerprint density at radius 1 is 1.39 bits per heavy atom. The maximum absolute atomic E-state index is 13.3. The molecule has 0 spiro atoms. The zero-order chi connectivity index (χ0) is 13.1. The lowest BCUT2D eigenvalue weighted by molar-refractivity contribution is 0.457. The molecule has 2 rings (SSSR count). The van der Waals surface area contributed by atoms with Crippen LogP contribution in [0, 0.1) is 24.1 Å². The minimum absolute atomic E-state index is 0.0824. The van der Waals surface area contributed by atoms with Gasteiger partial charge in [-0.3, -0.25) is 0 Å². The van der Waals surface area contributed by atoms with E-state index in [1.54, 1.807) is 19.1 Å². The molecule has 0 saturated carbocycles. The molecule has 0 radical (unpaired) electrons. The van der Waals surface area contributed by atoms with Crippen LogP contribution >= 0.6 is 11.6 Å². The highest BCUT2D eigenvalue weighted by atomic mass is 35.5. The van der Waals surface area contributed by atoms with Crippen molar-refractivity contribution in [1.82, 2.24) is 4.98 Å². The Morgan fingerprint density at radius 3 is 2.83 bits per heavy atom. The number of aromatic nitrogens is 1. The zero-order valence-electron chi connectivity index (χ0n) is 9.45. The second-order valence-electron chi connectivity index (χ2n) is 3.60. The third kappa shape index (κ3) is 2.41. The lowest BCUT2D eigenvalue weighted by Crippen LogP contribution is -1.92. The van der Waals surface area contributed by atoms with Crippen molar-refractivity contribution in [2.75, 3.05) is 0 Å². The number of halogens is 2. The second-order valence-corrected chi connectivity index (χ2v) is 3.98. The van der Waals surface area contributed by atoms with Crippen molar-refractivity contribution in [1.29, 1.82) is 5.26 Å². The van der Waals surface area contributed by atoms with E-state index < -0.39 is 0 Å². The molecule has 1 aromatic heterocycles. The fraction of sp³-hybridized carbons (Fsp3) is 0.0769. The molecule has 0 saturated heterocycles. The fourth-order valence-corrected chi connectivity index (χ4v) is 1.52. The standard InChI is InChI=1S/C13H8ClFN2O/c1-8-2-3-10(6-11(8)15)18-13-12(14)9(7-16)4-5-17-13/h2-6H,1H3. The molecule has 2 aromatic rings. The molecule has 3 nitrogen and oxygen atoms in total. The molecule has 1 aromatic carbocycles. The van der Waals surface area contributed by atoms with Gasteiger partial charge in [-0.15, -0.1) is 0 Å². The molecule has 0 fully saturated rings. The summed E-state index contributed by atoms with van der Waals surface area (Å²) < 4.78 is 18.7. The van der Waals surface area contributed by atoms with Gasteiger partial charge in [0.25, 0.3) is 0 Å². The molecule has 0 aliphatic carbocycles. The van der Waals surface area contributed by atoms with Gasteiger partial charge in [-0.25, -0.2) is 9.37 Å². The number of rotatable bonds is 2. The first-order chi connectivity index (χ1) is 8.61. The summed E-state index contributed by atoms with van der Waals surface area (Å²) in [5.41, 5.74) is 0.779. The molecule has 0 aliphatic rings. The van der Waals surface area contributed by atoms with Crippen LogP contribution in [0.5, 0.6) is 11.6 Å². The average Bonchev–Trinajstić information content (AvgIpc) is 2.36. The molecular weight excluding hydrogens is 255 g/mol. The fourth-order valence-electron chi connectivity index (χ4n) is 1.33. The minimum Gasteiger partial charge on any atom is -0.437 e. The summed E-state index contributed by atoms with van der Waals surface area (Å²) in [6.07, 6.45) is 1.41. The van der Waals surface area contributed by atoms with Crippen LogP contribution < -0.4 is 4.74 Å². The van der Waals surface area contributed by atoms with E-state index in [0.717, 1.165) is 0 Å². The van der Waals surface area contributed by atoms with Crippen LogP contribution in [0.1, 0.15) is 11.1 Å². The van der Waals surface area contributed by atoms with E-state index in [-0.39, 0.29) is 28.0 Å². The molecule has 0 atom stereocenters. The van der Waals surface area contributed by atoms with Crippen LogP contribution in [-0.4, -0.2) is 4.98 Å². The Hall–Kier alpha value is -2.12. The zero-order valence-corrected chi connectivity index (χ0v) is 10.2. The van der Waals surface area contributed by atoms with Crippen molar-refractivity contribution in [3.05, 3.63) is 52.4 Å². The normalized spacial score (nSPS) is 9.89. The van der Waals surface area contributed by atoms with E-state index in [1.807, 2.05) is 6.07 Å². The lowest BCUT2D eigenvalue weighted by atomic mass is 10.2. The SMILES string of the molecule is Cc1ccc(Oc2nccc(C#N)c2Cl)cc1F. The molecule has 0 amide bonds. The van der Waals surface area contributed by atoms with Gasteiger partial charge in [0.05, 0.1) is 5.56 Å². The second kappa shape index (κ2) is 5.03. The summed E-state index contributed by atoms with van der Waals surface area (Å²) in [6, 6.07) is 7.83. The Balaban J connectivity index is 2.35. The van der Waals surface area contributed by atoms with Crippen molar-refractivity contribution in [3.8, 4) is 17.7 Å². The number of pyridine rings is 1. The number of aryl methyl sites for hydroxylation is 1. The highest BCUT2D eigenvalue weighted by molar-refractivity contribution is 6.33. The van der Waals surface area contributed by atoms with Gasteiger partial charge in [0.2, 0.25) is 5.88 Å². The van der Waals surface area contributed by atoms with Crippen molar-refractivity contribution in [2.45, 2.75) is 6.92 Å². The highest BCUT2D eigenvalue weighted by Gasteiger charge is 2.10. The molecule has 0 unspecified atom stereocenters. The van der Waals surface area contributed by atoms with Crippen molar-refractivity contribution in [2.24, 2.45) is 0 Å². The van der Waals surface area contributed by atoms with Crippen molar-refractivity contribution >= 4 is 11.6 Å². The molecule has 0 N–H and O–H groups in total. The maximum Gasteiger partial charge on any atom is 0.239 e. The van der Waals surface area contributed by atoms with Crippen LogP contribution in [0.4, 0.5) is 4.39 Å². The largest absolute Gasteiger partial charge is 0.437 e. The summed E-state index contributed by atoms with van der Waals surface area (Å²) in [7, 11) is 0. The molecule has 0 bridgehead atoms. The minimum atomic E-state index is -0.375. The monoisotopic (exact) mass is 262 g/mol. The molecule has 0 aliphatic heterocycles. The first-order valence-electron chi connectivity index (χ1n) is 5.10. The quantitative estimate of drug-likeness (QED) is 0.826. The Morgan fingerprint density at radius 2 is 2.17 bits per heavy atom. The predicted octanol–water partition coefficient (Wildman–Crippen LogP) is 3.85. The van der Waals surface area contributed by atoms with E-state index >= 15 is 0 Å². The number of nitrogens with zero attached hydrogens (tertiary/aromatic N) is 2. The molecular formula is C13H8ClFN2O. The maximum atomic E-state index is 13.3. The summed E-state index contributed by atoms with van der Waals surface area (Å²) in [6.45, 7) is 1.65. The smallest absolute Gasteiger partial charge is 0.239 e. The van der Waals surface area contributed by atoms with Gasteiger partial charge in [0, 0.05) is 12.3 Å². The molecule has 1 heterocycles. The lowest BCUT2D eigenvalue weighted by Gasteiger charge is -2.07. The van der Waals surface area contributed by atoms with E-state index in [2.05, 4.69) is 4.98 Å². The van der Waals surface area contributed by atoms with Crippen LogP contribution in [0.3, 0.4) is 0 Å². The van der Waals surface area contributed by atoms with Crippen LogP contribution in [-0.2, 0) is 0 Å². The Labute approximate surface area is 108 Å². The van der Waals surface area contributed by atoms with Crippen molar-refractivity contribution in [3.63, 3.8) is 0 Å². The predicted molar refractivity (Wildman–Crippen MR) is 65.2 cm³/mol. The third-order valence-corrected chi connectivity index (χ3v) is 2.70. The van der Waals surface area contributed by atoms with Crippen LogP contribution in [0.25, 0.3) is 0 Å². The van der Waals surface area contributed by atoms with E-state index in [4.69, 9.17) is 21.6 Å². The molecule has 5 heteroatoms. The van der Waals surface area contributed by atoms with Gasteiger partial charge in [0.1, 0.15) is 22.7 Å². The first kappa shape index (κ1) is 12.3. The number of benzene rings is 1.